The van der Waals surface area contributed by atoms with Crippen LogP contribution in [-0.2, 0) is 4.79 Å². The first-order valence-corrected chi connectivity index (χ1v) is 9.26. The lowest BCUT2D eigenvalue weighted by Gasteiger charge is -2.39. The molecule has 1 aliphatic heterocycles. The van der Waals surface area contributed by atoms with Gasteiger partial charge in [-0.3, -0.25) is 4.79 Å². The van der Waals surface area contributed by atoms with Crippen molar-refractivity contribution in [1.29, 1.82) is 0 Å². The molecule has 1 heterocycles. The molecular weight excluding hydrogens is 260 g/mol. The second kappa shape index (κ2) is 5.57. The second-order valence-corrected chi connectivity index (χ2v) is 8.22. The van der Waals surface area contributed by atoms with Crippen molar-refractivity contribution in [2.75, 3.05) is 13.1 Å². The van der Waals surface area contributed by atoms with Crippen LogP contribution in [0.2, 0.25) is 0 Å². The summed E-state index contributed by atoms with van der Waals surface area (Å²) in [4.78, 5) is 15.1. The van der Waals surface area contributed by atoms with E-state index >= 15 is 0 Å². The fourth-order valence-corrected chi connectivity index (χ4v) is 5.84. The van der Waals surface area contributed by atoms with Crippen molar-refractivity contribution in [2.24, 2.45) is 35.3 Å². The standard InChI is InChI=1S/C18H30N2O/c19-17-8-7-15-10-20(11-16(15)17)18(21)14-6-5-12-3-1-2-4-13(12)9-14/h12-17H,1-11,19H2. The summed E-state index contributed by atoms with van der Waals surface area (Å²) in [6, 6.07) is 0.349. The molecule has 3 heteroatoms. The molecule has 3 aliphatic carbocycles. The Hall–Kier alpha value is -0.570. The molecule has 0 bridgehead atoms. The number of nitrogens with zero attached hydrogens (tertiary/aromatic N) is 1. The lowest BCUT2D eigenvalue weighted by atomic mass is 9.67. The Labute approximate surface area is 128 Å². The number of hydrogen-bond acceptors (Lipinski definition) is 2. The van der Waals surface area contributed by atoms with Crippen molar-refractivity contribution in [3.63, 3.8) is 0 Å². The van der Waals surface area contributed by atoms with Crippen molar-refractivity contribution in [1.82, 2.24) is 4.90 Å². The van der Waals surface area contributed by atoms with E-state index in [4.69, 9.17) is 5.73 Å². The van der Waals surface area contributed by atoms with Crippen LogP contribution in [0.1, 0.15) is 57.8 Å². The summed E-state index contributed by atoms with van der Waals surface area (Å²) in [5, 5.41) is 0. The molecule has 2 N–H and O–H groups in total. The zero-order valence-corrected chi connectivity index (χ0v) is 13.2. The van der Waals surface area contributed by atoms with Crippen molar-refractivity contribution < 1.29 is 4.79 Å². The SMILES string of the molecule is NC1CCC2CN(C(=O)C3CCC4CCCCC4C3)CC12. The number of hydrogen-bond donors (Lipinski definition) is 1. The van der Waals surface area contributed by atoms with Gasteiger partial charge in [-0.1, -0.05) is 25.7 Å². The van der Waals surface area contributed by atoms with Crippen molar-refractivity contribution >= 4 is 5.91 Å². The Balaban J connectivity index is 1.37. The maximum absolute atomic E-state index is 12.9. The molecule has 118 valence electrons. The van der Waals surface area contributed by atoms with Gasteiger partial charge in [-0.25, -0.2) is 0 Å². The molecule has 0 radical (unpaired) electrons. The van der Waals surface area contributed by atoms with Crippen LogP contribution in [-0.4, -0.2) is 29.9 Å². The highest BCUT2D eigenvalue weighted by Gasteiger charge is 2.44. The number of likely N-dealkylation sites (tertiary alicyclic amines) is 1. The fourth-order valence-electron chi connectivity index (χ4n) is 5.84. The third-order valence-corrected chi connectivity index (χ3v) is 7.11. The monoisotopic (exact) mass is 290 g/mol. The molecule has 6 unspecified atom stereocenters. The van der Waals surface area contributed by atoms with Gasteiger partial charge in [0.1, 0.15) is 0 Å². The highest BCUT2D eigenvalue weighted by atomic mass is 16.2. The largest absolute Gasteiger partial charge is 0.342 e. The smallest absolute Gasteiger partial charge is 0.225 e. The Kier molecular flexibility index (Phi) is 3.72. The lowest BCUT2D eigenvalue weighted by Crippen LogP contribution is -2.40. The van der Waals surface area contributed by atoms with Gasteiger partial charge in [-0.15, -0.1) is 0 Å². The summed E-state index contributed by atoms with van der Waals surface area (Å²) in [6.07, 6.45) is 11.7. The van der Waals surface area contributed by atoms with E-state index in [9.17, 15) is 4.79 Å². The molecular formula is C18H30N2O. The van der Waals surface area contributed by atoms with Crippen LogP contribution in [0.4, 0.5) is 0 Å². The molecule has 0 aromatic heterocycles. The molecule has 3 saturated carbocycles. The van der Waals surface area contributed by atoms with Gasteiger partial charge in [0, 0.05) is 25.0 Å². The van der Waals surface area contributed by atoms with E-state index in [1.54, 1.807) is 0 Å². The Morgan fingerprint density at radius 2 is 1.62 bits per heavy atom. The van der Waals surface area contributed by atoms with Crippen LogP contribution in [0.15, 0.2) is 0 Å². The van der Waals surface area contributed by atoms with Crippen LogP contribution in [0.5, 0.6) is 0 Å². The minimum absolute atomic E-state index is 0.333. The molecule has 4 aliphatic rings. The molecule has 1 saturated heterocycles. The van der Waals surface area contributed by atoms with Gasteiger partial charge in [-0.2, -0.15) is 0 Å². The van der Waals surface area contributed by atoms with Gasteiger partial charge >= 0.3 is 0 Å². The van der Waals surface area contributed by atoms with Crippen molar-refractivity contribution in [3.8, 4) is 0 Å². The maximum Gasteiger partial charge on any atom is 0.225 e. The maximum atomic E-state index is 12.9. The summed E-state index contributed by atoms with van der Waals surface area (Å²) < 4.78 is 0. The quantitative estimate of drug-likeness (QED) is 0.807. The first-order valence-electron chi connectivity index (χ1n) is 9.26. The highest BCUT2D eigenvalue weighted by Crippen LogP contribution is 2.44. The van der Waals surface area contributed by atoms with Gasteiger partial charge in [0.2, 0.25) is 5.91 Å². The Morgan fingerprint density at radius 3 is 2.43 bits per heavy atom. The third kappa shape index (κ3) is 2.52. The molecule has 3 nitrogen and oxygen atoms in total. The highest BCUT2D eigenvalue weighted by molar-refractivity contribution is 5.79. The number of rotatable bonds is 1. The summed E-state index contributed by atoms with van der Waals surface area (Å²) >= 11 is 0. The molecule has 0 aromatic rings. The van der Waals surface area contributed by atoms with E-state index in [1.807, 2.05) is 0 Å². The first-order chi connectivity index (χ1) is 10.2. The van der Waals surface area contributed by atoms with Gasteiger partial charge in [-0.05, 0) is 55.8 Å². The van der Waals surface area contributed by atoms with E-state index in [-0.39, 0.29) is 0 Å². The van der Waals surface area contributed by atoms with Crippen LogP contribution >= 0.6 is 0 Å². The molecule has 6 atom stereocenters. The number of nitrogens with two attached hydrogens (primary N) is 1. The normalized spacial score (nSPS) is 46.2. The summed E-state index contributed by atoms with van der Waals surface area (Å²) in [6.45, 7) is 1.96. The number of carbonyl (C=O) groups excluding carboxylic acids is 1. The predicted octanol–water partition coefficient (Wildman–Crippen LogP) is 2.79. The number of amides is 1. The minimum Gasteiger partial charge on any atom is -0.342 e. The van der Waals surface area contributed by atoms with E-state index in [0.717, 1.165) is 31.3 Å². The zero-order chi connectivity index (χ0) is 14.4. The zero-order valence-electron chi connectivity index (χ0n) is 13.2. The van der Waals surface area contributed by atoms with E-state index in [0.29, 0.717) is 29.7 Å². The molecule has 0 spiro atoms. The van der Waals surface area contributed by atoms with Crippen LogP contribution in [0, 0.1) is 29.6 Å². The fraction of sp³-hybridized carbons (Fsp3) is 0.944. The minimum atomic E-state index is 0.333. The third-order valence-electron chi connectivity index (χ3n) is 7.11. The molecule has 0 aromatic carbocycles. The summed E-state index contributed by atoms with van der Waals surface area (Å²) in [7, 11) is 0. The number of fused-ring (bicyclic) bond motifs is 2. The van der Waals surface area contributed by atoms with E-state index < -0.39 is 0 Å². The van der Waals surface area contributed by atoms with Gasteiger partial charge < -0.3 is 10.6 Å². The molecule has 21 heavy (non-hydrogen) atoms. The molecule has 4 rings (SSSR count). The van der Waals surface area contributed by atoms with Crippen molar-refractivity contribution in [3.05, 3.63) is 0 Å². The topological polar surface area (TPSA) is 46.3 Å². The summed E-state index contributed by atoms with van der Waals surface area (Å²) in [5.41, 5.74) is 6.21. The Bertz CT molecular complexity index is 410. The number of carbonyl (C=O) groups is 1. The average molecular weight is 290 g/mol. The van der Waals surface area contributed by atoms with Crippen molar-refractivity contribution in [2.45, 2.75) is 63.8 Å². The van der Waals surface area contributed by atoms with Crippen LogP contribution in [0.25, 0.3) is 0 Å². The summed E-state index contributed by atoms with van der Waals surface area (Å²) in [5.74, 6) is 3.90. The van der Waals surface area contributed by atoms with Crippen LogP contribution < -0.4 is 5.73 Å². The van der Waals surface area contributed by atoms with E-state index in [2.05, 4.69) is 4.90 Å². The van der Waals surface area contributed by atoms with Gasteiger partial charge in [0.05, 0.1) is 0 Å². The molecule has 4 fully saturated rings. The second-order valence-electron chi connectivity index (χ2n) is 8.22. The molecule has 1 amide bonds. The van der Waals surface area contributed by atoms with Crippen LogP contribution in [0.3, 0.4) is 0 Å². The Morgan fingerprint density at radius 1 is 0.857 bits per heavy atom. The van der Waals surface area contributed by atoms with E-state index in [1.165, 1.54) is 51.4 Å². The van der Waals surface area contributed by atoms with Gasteiger partial charge in [0.25, 0.3) is 0 Å². The average Bonchev–Trinajstić information content (AvgIpc) is 3.08. The lowest BCUT2D eigenvalue weighted by molar-refractivity contribution is -0.137. The first kappa shape index (κ1) is 14.0. The predicted molar refractivity (Wildman–Crippen MR) is 83.6 cm³/mol. The van der Waals surface area contributed by atoms with Gasteiger partial charge in [0.15, 0.2) is 0 Å².